The predicted molar refractivity (Wildman–Crippen MR) is 63.6 cm³/mol. The van der Waals surface area contributed by atoms with Crippen LogP contribution in [-0.2, 0) is 18.9 Å². The Labute approximate surface area is 98.0 Å². The summed E-state index contributed by atoms with van der Waals surface area (Å²) in [6, 6.07) is 1.24. The molecule has 0 saturated carbocycles. The van der Waals surface area contributed by atoms with Crippen LogP contribution in [0.5, 0.6) is 0 Å². The van der Waals surface area contributed by atoms with Crippen molar-refractivity contribution in [2.75, 3.05) is 5.43 Å². The molecule has 7 nitrogen and oxygen atoms in total. The van der Waals surface area contributed by atoms with Gasteiger partial charge in [-0.3, -0.25) is 29.6 Å². The lowest BCUT2D eigenvalue weighted by Gasteiger charge is -2.12. The van der Waals surface area contributed by atoms with E-state index in [4.69, 9.17) is 0 Å². The van der Waals surface area contributed by atoms with Gasteiger partial charge in [0.15, 0.2) is 0 Å². The molecule has 0 fully saturated rings. The summed E-state index contributed by atoms with van der Waals surface area (Å²) in [5, 5.41) is 0. The number of nitrogens with zero attached hydrogens (tertiary/aromatic N) is 2. The van der Waals surface area contributed by atoms with Gasteiger partial charge in [-0.2, -0.15) is 0 Å². The maximum absolute atomic E-state index is 11.6. The topological polar surface area (TPSA) is 85.1 Å². The largest absolute Gasteiger partial charge is 0.332 e. The molecule has 17 heavy (non-hydrogen) atoms. The number of rotatable bonds is 4. The molecule has 0 saturated heterocycles. The zero-order valence-corrected chi connectivity index (χ0v) is 10.1. The van der Waals surface area contributed by atoms with Crippen LogP contribution in [0.1, 0.15) is 19.8 Å². The summed E-state index contributed by atoms with van der Waals surface area (Å²) in [7, 11) is 2.90. The third-order valence-corrected chi connectivity index (χ3v) is 2.33. The van der Waals surface area contributed by atoms with Crippen LogP contribution in [0.15, 0.2) is 15.7 Å². The molecule has 1 aromatic rings. The molecule has 0 aliphatic heterocycles. The molecule has 0 aliphatic carbocycles. The van der Waals surface area contributed by atoms with Crippen molar-refractivity contribution in [2.24, 2.45) is 14.1 Å². The second-order valence-corrected chi connectivity index (χ2v) is 3.69. The normalized spacial score (nSPS) is 10.1. The molecule has 0 unspecified atom stereocenters. The minimum atomic E-state index is -0.454. The van der Waals surface area contributed by atoms with E-state index in [1.54, 1.807) is 0 Å². The highest BCUT2D eigenvalue weighted by Gasteiger charge is 2.06. The summed E-state index contributed by atoms with van der Waals surface area (Å²) in [6.45, 7) is 1.88. The molecule has 1 amide bonds. The maximum Gasteiger partial charge on any atom is 0.332 e. The van der Waals surface area contributed by atoms with E-state index in [9.17, 15) is 14.4 Å². The van der Waals surface area contributed by atoms with Gasteiger partial charge in [0.2, 0.25) is 5.91 Å². The minimum absolute atomic E-state index is 0.194. The van der Waals surface area contributed by atoms with Gasteiger partial charge in [0.05, 0.1) is 0 Å². The van der Waals surface area contributed by atoms with E-state index >= 15 is 0 Å². The van der Waals surface area contributed by atoms with Gasteiger partial charge in [0.1, 0.15) is 5.82 Å². The predicted octanol–water partition coefficient (Wildman–Crippen LogP) is -0.673. The molecule has 0 aliphatic rings. The van der Waals surface area contributed by atoms with Crippen molar-refractivity contribution in [3.8, 4) is 0 Å². The molecule has 0 bridgehead atoms. The number of hydrazine groups is 1. The lowest BCUT2D eigenvalue weighted by Crippen LogP contribution is -2.40. The number of nitrogens with one attached hydrogen (secondary N) is 2. The number of carbonyl (C=O) groups excluding carboxylic acids is 1. The van der Waals surface area contributed by atoms with Crippen molar-refractivity contribution < 1.29 is 4.79 Å². The SMILES string of the molecule is CCCC(=O)NNc1cc(=O)n(C)c(=O)n1C. The van der Waals surface area contributed by atoms with Crippen molar-refractivity contribution in [1.82, 2.24) is 14.6 Å². The smallest absolute Gasteiger partial charge is 0.283 e. The van der Waals surface area contributed by atoms with Crippen LogP contribution < -0.4 is 22.1 Å². The van der Waals surface area contributed by atoms with Gasteiger partial charge < -0.3 is 0 Å². The van der Waals surface area contributed by atoms with Crippen LogP contribution in [0, 0.1) is 0 Å². The standard InChI is InChI=1S/C10H16N4O3/c1-4-5-8(15)12-11-7-6-9(16)14(3)10(17)13(7)2/h6,11H,4-5H2,1-3H3,(H,12,15). The van der Waals surface area contributed by atoms with Crippen LogP contribution in [0.3, 0.4) is 0 Å². The van der Waals surface area contributed by atoms with Gasteiger partial charge in [0, 0.05) is 26.6 Å². The molecule has 0 aromatic carbocycles. The highest BCUT2D eigenvalue weighted by Crippen LogP contribution is 1.96. The van der Waals surface area contributed by atoms with E-state index in [2.05, 4.69) is 10.9 Å². The molecule has 0 spiro atoms. The summed E-state index contributed by atoms with van der Waals surface area (Å²) in [4.78, 5) is 34.2. The van der Waals surface area contributed by atoms with E-state index in [1.165, 1.54) is 24.7 Å². The molecule has 1 heterocycles. The minimum Gasteiger partial charge on any atom is -0.283 e. The van der Waals surface area contributed by atoms with E-state index in [0.29, 0.717) is 6.42 Å². The lowest BCUT2D eigenvalue weighted by molar-refractivity contribution is -0.120. The van der Waals surface area contributed by atoms with Crippen LogP contribution in [-0.4, -0.2) is 15.0 Å². The fraction of sp³-hybridized carbons (Fsp3) is 0.500. The van der Waals surface area contributed by atoms with Crippen molar-refractivity contribution in [3.05, 3.63) is 26.9 Å². The Bertz CT molecular complexity index is 529. The highest BCUT2D eigenvalue weighted by atomic mass is 16.2. The third-order valence-electron chi connectivity index (χ3n) is 2.33. The second kappa shape index (κ2) is 5.33. The zero-order valence-electron chi connectivity index (χ0n) is 10.1. The van der Waals surface area contributed by atoms with Gasteiger partial charge in [-0.05, 0) is 6.42 Å². The number of aromatic nitrogens is 2. The Kier molecular flexibility index (Phi) is 4.08. The molecule has 1 aromatic heterocycles. The van der Waals surface area contributed by atoms with Crippen molar-refractivity contribution in [3.63, 3.8) is 0 Å². The fourth-order valence-electron chi connectivity index (χ4n) is 1.28. The summed E-state index contributed by atoms with van der Waals surface area (Å²) in [6.07, 6.45) is 1.11. The highest BCUT2D eigenvalue weighted by molar-refractivity contribution is 5.76. The number of anilines is 1. The molecule has 1 rings (SSSR count). The molecular weight excluding hydrogens is 224 g/mol. The number of amides is 1. The van der Waals surface area contributed by atoms with Gasteiger partial charge >= 0.3 is 5.69 Å². The summed E-state index contributed by atoms with van der Waals surface area (Å²) < 4.78 is 2.23. The molecule has 0 atom stereocenters. The molecule has 2 N–H and O–H groups in total. The van der Waals surface area contributed by atoms with E-state index < -0.39 is 11.2 Å². The van der Waals surface area contributed by atoms with Gasteiger partial charge in [-0.1, -0.05) is 6.92 Å². The maximum atomic E-state index is 11.6. The second-order valence-electron chi connectivity index (χ2n) is 3.69. The Balaban J connectivity index is 2.90. The van der Waals surface area contributed by atoms with Crippen molar-refractivity contribution in [1.29, 1.82) is 0 Å². The third kappa shape index (κ3) is 2.96. The number of hydrogen-bond donors (Lipinski definition) is 2. The lowest BCUT2D eigenvalue weighted by atomic mass is 10.3. The summed E-state index contributed by atoms with van der Waals surface area (Å²) in [5.74, 6) is 0.0585. The van der Waals surface area contributed by atoms with Crippen molar-refractivity contribution >= 4 is 11.7 Å². The van der Waals surface area contributed by atoms with Gasteiger partial charge in [-0.15, -0.1) is 0 Å². The average molecular weight is 240 g/mol. The first-order valence-corrected chi connectivity index (χ1v) is 5.29. The average Bonchev–Trinajstić information content (AvgIpc) is 2.30. The molecule has 94 valence electrons. The van der Waals surface area contributed by atoms with Gasteiger partial charge in [-0.25, -0.2) is 4.79 Å². The fourth-order valence-corrected chi connectivity index (χ4v) is 1.28. The Morgan fingerprint density at radius 1 is 1.29 bits per heavy atom. The van der Waals surface area contributed by atoms with E-state index in [1.807, 2.05) is 6.92 Å². The monoisotopic (exact) mass is 240 g/mol. The number of hydrogen-bond acceptors (Lipinski definition) is 4. The first-order chi connectivity index (χ1) is 7.97. The molecular formula is C10H16N4O3. The molecule has 0 radical (unpaired) electrons. The summed E-state index contributed by atoms with van der Waals surface area (Å²) >= 11 is 0. The summed E-state index contributed by atoms with van der Waals surface area (Å²) in [5.41, 5.74) is 4.09. The van der Waals surface area contributed by atoms with Crippen LogP contribution in [0.4, 0.5) is 5.82 Å². The quantitative estimate of drug-likeness (QED) is 0.683. The van der Waals surface area contributed by atoms with Crippen LogP contribution in [0.25, 0.3) is 0 Å². The first-order valence-electron chi connectivity index (χ1n) is 5.29. The van der Waals surface area contributed by atoms with Crippen LogP contribution >= 0.6 is 0 Å². The number of carbonyl (C=O) groups is 1. The first kappa shape index (κ1) is 13.0. The van der Waals surface area contributed by atoms with Crippen LogP contribution in [0.2, 0.25) is 0 Å². The van der Waals surface area contributed by atoms with E-state index in [0.717, 1.165) is 11.0 Å². The molecule has 7 heteroatoms. The Morgan fingerprint density at radius 2 is 1.94 bits per heavy atom. The van der Waals surface area contributed by atoms with E-state index in [-0.39, 0.29) is 11.7 Å². The van der Waals surface area contributed by atoms with Gasteiger partial charge in [0.25, 0.3) is 5.56 Å². The Hall–Kier alpha value is -2.05. The zero-order chi connectivity index (χ0) is 13.0. The Morgan fingerprint density at radius 3 is 2.53 bits per heavy atom. The van der Waals surface area contributed by atoms with Crippen molar-refractivity contribution in [2.45, 2.75) is 19.8 Å².